The maximum absolute atomic E-state index is 11.7. The minimum atomic E-state index is -0.0834. The summed E-state index contributed by atoms with van der Waals surface area (Å²) in [6.45, 7) is 2.19. The molecular formula is C15H17N5O. The third kappa shape index (κ3) is 5.35. The van der Waals surface area contributed by atoms with E-state index in [2.05, 4.69) is 10.6 Å². The fourth-order valence-corrected chi connectivity index (χ4v) is 1.62. The zero-order chi connectivity index (χ0) is 15.8. The van der Waals surface area contributed by atoms with Crippen LogP contribution < -0.4 is 10.6 Å². The molecule has 0 aliphatic heterocycles. The first kappa shape index (κ1) is 16.2. The van der Waals surface area contributed by atoms with Gasteiger partial charge in [-0.25, -0.2) is 0 Å². The maximum atomic E-state index is 11.7. The van der Waals surface area contributed by atoms with E-state index in [-0.39, 0.29) is 11.5 Å². The molecule has 108 valence electrons. The Balaban J connectivity index is 2.78. The number of amides is 1. The van der Waals surface area contributed by atoms with Crippen molar-refractivity contribution in [3.05, 3.63) is 35.5 Å². The number of nitriles is 2. The second-order valence-electron chi connectivity index (χ2n) is 4.74. The van der Waals surface area contributed by atoms with Crippen LogP contribution in [0.1, 0.15) is 5.56 Å². The molecule has 2 N–H and O–H groups in total. The summed E-state index contributed by atoms with van der Waals surface area (Å²) >= 11 is 0. The number of hydrogen-bond acceptors (Lipinski definition) is 5. The van der Waals surface area contributed by atoms with E-state index in [0.29, 0.717) is 6.54 Å². The average Bonchev–Trinajstić information content (AvgIpc) is 2.42. The standard InChI is InChI=1S/C15H17N5O/c1-11-6-13(18-9-12(7-16)8-17)4-5-14(11)19-15(21)10-20(2)3/h4-6,9,18H,10H2,1-3H3,(H,19,21). The minimum Gasteiger partial charge on any atom is -0.360 e. The lowest BCUT2D eigenvalue weighted by molar-refractivity contribution is -0.116. The van der Waals surface area contributed by atoms with Gasteiger partial charge in [-0.05, 0) is 44.8 Å². The van der Waals surface area contributed by atoms with Gasteiger partial charge in [-0.3, -0.25) is 4.79 Å². The van der Waals surface area contributed by atoms with Gasteiger partial charge in [0, 0.05) is 17.6 Å². The average molecular weight is 283 g/mol. The van der Waals surface area contributed by atoms with Crippen LogP contribution in [0, 0.1) is 29.6 Å². The zero-order valence-electron chi connectivity index (χ0n) is 12.3. The first-order chi connectivity index (χ1) is 9.96. The molecule has 0 saturated carbocycles. The number of hydrogen-bond donors (Lipinski definition) is 2. The summed E-state index contributed by atoms with van der Waals surface area (Å²) < 4.78 is 0. The molecule has 6 heteroatoms. The van der Waals surface area contributed by atoms with Crippen molar-refractivity contribution in [2.45, 2.75) is 6.92 Å². The molecule has 0 heterocycles. The van der Waals surface area contributed by atoms with E-state index in [1.807, 2.05) is 27.1 Å². The number of aryl methyl sites for hydroxylation is 1. The number of anilines is 2. The largest absolute Gasteiger partial charge is 0.360 e. The Labute approximate surface area is 124 Å². The summed E-state index contributed by atoms with van der Waals surface area (Å²) in [5.74, 6) is -0.0834. The predicted molar refractivity (Wildman–Crippen MR) is 81.3 cm³/mol. The first-order valence-electron chi connectivity index (χ1n) is 6.28. The highest BCUT2D eigenvalue weighted by Crippen LogP contribution is 2.19. The summed E-state index contributed by atoms with van der Waals surface area (Å²) in [6, 6.07) is 8.90. The number of nitrogens with one attached hydrogen (secondary N) is 2. The van der Waals surface area contributed by atoms with Crippen molar-refractivity contribution in [3.63, 3.8) is 0 Å². The Bertz CT molecular complexity index is 618. The van der Waals surface area contributed by atoms with Crippen LogP contribution in [0.5, 0.6) is 0 Å². The third-order valence-electron chi connectivity index (χ3n) is 2.58. The molecule has 21 heavy (non-hydrogen) atoms. The van der Waals surface area contributed by atoms with Crippen molar-refractivity contribution in [2.75, 3.05) is 31.3 Å². The molecule has 1 aromatic carbocycles. The molecule has 1 aromatic rings. The molecule has 6 nitrogen and oxygen atoms in total. The Morgan fingerprint density at radius 3 is 2.52 bits per heavy atom. The van der Waals surface area contributed by atoms with E-state index in [0.717, 1.165) is 16.9 Å². The lowest BCUT2D eigenvalue weighted by Gasteiger charge is -2.12. The lowest BCUT2D eigenvalue weighted by Crippen LogP contribution is -2.27. The number of rotatable bonds is 5. The van der Waals surface area contributed by atoms with Gasteiger partial charge >= 0.3 is 0 Å². The van der Waals surface area contributed by atoms with Crippen LogP contribution in [0.3, 0.4) is 0 Å². The topological polar surface area (TPSA) is 92.0 Å². The molecule has 0 bridgehead atoms. The molecule has 0 aliphatic rings. The number of likely N-dealkylation sites (N-methyl/N-ethyl adjacent to an activating group) is 1. The fraction of sp³-hybridized carbons (Fsp3) is 0.267. The first-order valence-corrected chi connectivity index (χ1v) is 6.28. The van der Waals surface area contributed by atoms with Crippen molar-refractivity contribution in [1.82, 2.24) is 4.90 Å². The van der Waals surface area contributed by atoms with E-state index >= 15 is 0 Å². The molecule has 1 amide bonds. The van der Waals surface area contributed by atoms with Gasteiger partial charge < -0.3 is 15.5 Å². The zero-order valence-corrected chi connectivity index (χ0v) is 12.3. The molecule has 0 spiro atoms. The third-order valence-corrected chi connectivity index (χ3v) is 2.58. The van der Waals surface area contributed by atoms with Crippen LogP contribution in [0.4, 0.5) is 11.4 Å². The normalized spacial score (nSPS) is 9.43. The van der Waals surface area contributed by atoms with Crippen LogP contribution in [-0.4, -0.2) is 31.4 Å². The number of allylic oxidation sites excluding steroid dienone is 1. The Hall–Kier alpha value is -2.83. The van der Waals surface area contributed by atoms with E-state index in [4.69, 9.17) is 10.5 Å². The van der Waals surface area contributed by atoms with Crippen molar-refractivity contribution >= 4 is 17.3 Å². The highest BCUT2D eigenvalue weighted by molar-refractivity contribution is 5.93. The highest BCUT2D eigenvalue weighted by Gasteiger charge is 2.06. The second kappa shape index (κ2) is 7.68. The summed E-state index contributed by atoms with van der Waals surface area (Å²) in [4.78, 5) is 13.5. The molecule has 0 saturated heterocycles. The number of nitrogens with zero attached hydrogens (tertiary/aromatic N) is 3. The Morgan fingerprint density at radius 1 is 1.33 bits per heavy atom. The predicted octanol–water partition coefficient (Wildman–Crippen LogP) is 1.84. The van der Waals surface area contributed by atoms with E-state index < -0.39 is 0 Å². The molecule has 0 aliphatic carbocycles. The molecule has 0 aromatic heterocycles. The van der Waals surface area contributed by atoms with Crippen LogP contribution in [0.25, 0.3) is 0 Å². The molecule has 0 fully saturated rings. The van der Waals surface area contributed by atoms with Crippen LogP contribution >= 0.6 is 0 Å². The van der Waals surface area contributed by atoms with Gasteiger partial charge in [0.1, 0.15) is 17.7 Å². The van der Waals surface area contributed by atoms with Gasteiger partial charge in [0.25, 0.3) is 0 Å². The number of benzene rings is 1. The van der Waals surface area contributed by atoms with Crippen molar-refractivity contribution in [1.29, 1.82) is 10.5 Å². The van der Waals surface area contributed by atoms with Crippen LogP contribution in [-0.2, 0) is 4.79 Å². The van der Waals surface area contributed by atoms with Crippen molar-refractivity contribution in [2.24, 2.45) is 0 Å². The summed E-state index contributed by atoms with van der Waals surface area (Å²) in [7, 11) is 3.65. The van der Waals surface area contributed by atoms with Gasteiger partial charge in [0.2, 0.25) is 5.91 Å². The smallest absolute Gasteiger partial charge is 0.238 e. The molecule has 0 unspecified atom stereocenters. The van der Waals surface area contributed by atoms with Gasteiger partial charge in [-0.1, -0.05) is 0 Å². The van der Waals surface area contributed by atoms with Gasteiger partial charge in [-0.2, -0.15) is 10.5 Å². The molecule has 0 atom stereocenters. The van der Waals surface area contributed by atoms with E-state index in [1.54, 1.807) is 29.2 Å². The lowest BCUT2D eigenvalue weighted by atomic mass is 10.1. The van der Waals surface area contributed by atoms with Crippen molar-refractivity contribution in [3.8, 4) is 12.1 Å². The molecule has 0 radical (unpaired) electrons. The van der Waals surface area contributed by atoms with Gasteiger partial charge in [0.05, 0.1) is 6.54 Å². The summed E-state index contributed by atoms with van der Waals surface area (Å²) in [6.07, 6.45) is 1.35. The van der Waals surface area contributed by atoms with Gasteiger partial charge in [-0.15, -0.1) is 0 Å². The van der Waals surface area contributed by atoms with Gasteiger partial charge in [0.15, 0.2) is 0 Å². The van der Waals surface area contributed by atoms with Crippen molar-refractivity contribution < 1.29 is 4.79 Å². The number of carbonyl (C=O) groups excluding carboxylic acids is 1. The fourth-order valence-electron chi connectivity index (χ4n) is 1.62. The minimum absolute atomic E-state index is 0.00369. The quantitative estimate of drug-likeness (QED) is 0.804. The summed E-state index contributed by atoms with van der Waals surface area (Å²) in [5, 5.41) is 23.0. The van der Waals surface area contributed by atoms with E-state index in [1.165, 1.54) is 6.20 Å². The monoisotopic (exact) mass is 283 g/mol. The SMILES string of the molecule is Cc1cc(NC=C(C#N)C#N)ccc1NC(=O)CN(C)C. The van der Waals surface area contributed by atoms with Crippen LogP contribution in [0.15, 0.2) is 30.0 Å². The summed E-state index contributed by atoms with van der Waals surface area (Å²) in [5.41, 5.74) is 2.35. The maximum Gasteiger partial charge on any atom is 0.238 e. The highest BCUT2D eigenvalue weighted by atomic mass is 16.2. The van der Waals surface area contributed by atoms with Crippen LogP contribution in [0.2, 0.25) is 0 Å². The molecule has 1 rings (SSSR count). The number of carbonyl (C=O) groups is 1. The second-order valence-corrected chi connectivity index (χ2v) is 4.74. The molecular weight excluding hydrogens is 266 g/mol. The van der Waals surface area contributed by atoms with E-state index in [9.17, 15) is 4.79 Å². The Kier molecular flexibility index (Phi) is 5.94. The Morgan fingerprint density at radius 2 is 2.00 bits per heavy atom.